The number of halogens is 2. The number of nitrogens with zero attached hydrogens (tertiary/aromatic N) is 1. The Balaban J connectivity index is 2.52. The molecule has 0 amide bonds. The Morgan fingerprint density at radius 1 is 1.12 bits per heavy atom. The highest BCUT2D eigenvalue weighted by Gasteiger charge is 2.60. The molecule has 0 aliphatic carbocycles. The van der Waals surface area contributed by atoms with Crippen molar-refractivity contribution in [3.05, 3.63) is 33.1 Å². The van der Waals surface area contributed by atoms with Gasteiger partial charge in [-0.1, -0.05) is 41.5 Å². The van der Waals surface area contributed by atoms with E-state index in [9.17, 15) is 18.4 Å². The monoisotopic (exact) mass is 506 g/mol. The van der Waals surface area contributed by atoms with E-state index < -0.39 is 52.2 Å². The standard InChI is InChI=1S/C22H40F2N2O5Si2/c1-20(2,3)32(7,8)29-14-22(18(23)24)15(31-33(9,10)21(4,5)6)13-17(30-22)26-12-11-16(27)25-19(26)28/h11-12,15,17-18H,13-14H2,1-10H3,(H,25,27,28)/t15?,17-,22-/m1/s1. The molecule has 1 aliphatic heterocycles. The summed E-state index contributed by atoms with van der Waals surface area (Å²) in [5.41, 5.74) is -3.32. The summed E-state index contributed by atoms with van der Waals surface area (Å²) in [7, 11) is -4.86. The van der Waals surface area contributed by atoms with Gasteiger partial charge in [-0.15, -0.1) is 0 Å². The average Bonchev–Trinajstić information content (AvgIpc) is 2.97. The van der Waals surface area contributed by atoms with Crippen LogP contribution in [0.15, 0.2) is 21.9 Å². The molecule has 7 nitrogen and oxygen atoms in total. The molecule has 0 saturated carbocycles. The highest BCUT2D eigenvalue weighted by atomic mass is 28.4. The summed E-state index contributed by atoms with van der Waals surface area (Å²) < 4.78 is 49.5. The summed E-state index contributed by atoms with van der Waals surface area (Å²) in [6.07, 6.45) is -3.58. The van der Waals surface area contributed by atoms with Gasteiger partial charge in [0.25, 0.3) is 12.0 Å². The predicted octanol–water partition coefficient (Wildman–Crippen LogP) is 4.87. The van der Waals surface area contributed by atoms with E-state index in [1.165, 1.54) is 12.3 Å². The van der Waals surface area contributed by atoms with Gasteiger partial charge in [-0.25, -0.2) is 13.6 Å². The predicted molar refractivity (Wildman–Crippen MR) is 130 cm³/mol. The second-order valence-electron chi connectivity index (χ2n) is 12.0. The molecule has 1 aromatic heterocycles. The minimum atomic E-state index is -2.90. The van der Waals surface area contributed by atoms with Gasteiger partial charge in [-0.3, -0.25) is 14.3 Å². The summed E-state index contributed by atoms with van der Waals surface area (Å²) in [6, 6.07) is 1.17. The Morgan fingerprint density at radius 3 is 2.12 bits per heavy atom. The first-order chi connectivity index (χ1) is 14.7. The Labute approximate surface area is 197 Å². The minimum absolute atomic E-state index is 0.0453. The van der Waals surface area contributed by atoms with Gasteiger partial charge in [-0.05, 0) is 36.3 Å². The topological polar surface area (TPSA) is 82.5 Å². The van der Waals surface area contributed by atoms with Crippen molar-refractivity contribution in [2.45, 2.75) is 109 Å². The van der Waals surface area contributed by atoms with Crippen LogP contribution in [0, 0.1) is 0 Å². The normalized spacial score (nSPS) is 25.1. The van der Waals surface area contributed by atoms with Crippen molar-refractivity contribution in [1.82, 2.24) is 9.55 Å². The molecule has 1 fully saturated rings. The number of rotatable bonds is 7. The maximum atomic E-state index is 14.8. The van der Waals surface area contributed by atoms with Gasteiger partial charge in [0.2, 0.25) is 0 Å². The Kier molecular flexibility index (Phi) is 7.78. The summed E-state index contributed by atoms with van der Waals surface area (Å²) in [5.74, 6) is 0. The quantitative estimate of drug-likeness (QED) is 0.534. The summed E-state index contributed by atoms with van der Waals surface area (Å²) in [6.45, 7) is 19.9. The zero-order valence-corrected chi connectivity index (χ0v) is 23.5. The minimum Gasteiger partial charge on any atom is -0.414 e. The van der Waals surface area contributed by atoms with Crippen LogP contribution in [0.5, 0.6) is 0 Å². The lowest BCUT2D eigenvalue weighted by Crippen LogP contribution is -2.58. The molecule has 11 heteroatoms. The highest BCUT2D eigenvalue weighted by molar-refractivity contribution is 6.74. The molecule has 0 aromatic carbocycles. The van der Waals surface area contributed by atoms with Crippen LogP contribution in [0.4, 0.5) is 8.78 Å². The number of hydrogen-bond acceptors (Lipinski definition) is 5. The van der Waals surface area contributed by atoms with Crippen LogP contribution in [-0.2, 0) is 13.6 Å². The summed E-state index contributed by atoms with van der Waals surface area (Å²) in [4.78, 5) is 26.1. The number of nitrogens with one attached hydrogen (secondary N) is 1. The fourth-order valence-corrected chi connectivity index (χ4v) is 5.54. The van der Waals surface area contributed by atoms with Crippen LogP contribution < -0.4 is 11.2 Å². The van der Waals surface area contributed by atoms with Gasteiger partial charge in [-0.2, -0.15) is 0 Å². The van der Waals surface area contributed by atoms with Crippen molar-refractivity contribution in [2.75, 3.05) is 6.61 Å². The van der Waals surface area contributed by atoms with Gasteiger partial charge in [0.05, 0.1) is 12.7 Å². The third-order valence-electron chi connectivity index (χ3n) is 7.55. The lowest BCUT2D eigenvalue weighted by atomic mass is 9.98. The van der Waals surface area contributed by atoms with E-state index in [-0.39, 0.29) is 23.1 Å². The van der Waals surface area contributed by atoms with Gasteiger partial charge in [0, 0.05) is 18.7 Å². The smallest absolute Gasteiger partial charge is 0.330 e. The van der Waals surface area contributed by atoms with E-state index in [0.717, 1.165) is 4.57 Å². The van der Waals surface area contributed by atoms with Crippen molar-refractivity contribution < 1.29 is 22.4 Å². The van der Waals surface area contributed by atoms with Gasteiger partial charge >= 0.3 is 5.69 Å². The van der Waals surface area contributed by atoms with Crippen LogP contribution in [0.2, 0.25) is 36.3 Å². The molecule has 1 N–H and O–H groups in total. The molecule has 0 radical (unpaired) electrons. The molecular weight excluding hydrogens is 466 g/mol. The summed E-state index contributed by atoms with van der Waals surface area (Å²) >= 11 is 0. The molecule has 0 spiro atoms. The molecule has 0 bridgehead atoms. The molecule has 1 saturated heterocycles. The van der Waals surface area contributed by atoms with E-state index in [2.05, 4.69) is 4.98 Å². The van der Waals surface area contributed by atoms with Gasteiger partial charge in [0.1, 0.15) is 6.23 Å². The van der Waals surface area contributed by atoms with Crippen LogP contribution in [-0.4, -0.2) is 50.9 Å². The second-order valence-corrected chi connectivity index (χ2v) is 21.6. The highest BCUT2D eigenvalue weighted by Crippen LogP contribution is 2.48. The Morgan fingerprint density at radius 2 is 1.67 bits per heavy atom. The maximum absolute atomic E-state index is 14.8. The van der Waals surface area contributed by atoms with Crippen molar-refractivity contribution in [2.24, 2.45) is 0 Å². The zero-order valence-electron chi connectivity index (χ0n) is 21.5. The number of aromatic nitrogens is 2. The van der Waals surface area contributed by atoms with E-state index in [1.807, 2.05) is 67.7 Å². The van der Waals surface area contributed by atoms with Crippen molar-refractivity contribution in [1.29, 1.82) is 0 Å². The third kappa shape index (κ3) is 5.75. The first kappa shape index (κ1) is 28.1. The number of alkyl halides is 2. The summed E-state index contributed by atoms with van der Waals surface area (Å²) in [5, 5.41) is -0.395. The Bertz CT molecular complexity index is 950. The van der Waals surface area contributed by atoms with E-state index in [1.54, 1.807) is 0 Å². The largest absolute Gasteiger partial charge is 0.414 e. The molecule has 1 unspecified atom stereocenters. The van der Waals surface area contributed by atoms with E-state index in [0.29, 0.717) is 0 Å². The van der Waals surface area contributed by atoms with Crippen molar-refractivity contribution in [3.63, 3.8) is 0 Å². The van der Waals surface area contributed by atoms with Crippen LogP contribution >= 0.6 is 0 Å². The fourth-order valence-electron chi connectivity index (χ4n) is 3.16. The van der Waals surface area contributed by atoms with E-state index >= 15 is 0 Å². The number of ether oxygens (including phenoxy) is 1. The lowest BCUT2D eigenvalue weighted by Gasteiger charge is -2.44. The first-order valence-corrected chi connectivity index (χ1v) is 17.1. The van der Waals surface area contributed by atoms with Crippen LogP contribution in [0.25, 0.3) is 0 Å². The molecule has 1 aliphatic rings. The molecule has 1 aromatic rings. The fraction of sp³-hybridized carbons (Fsp3) is 0.818. The zero-order chi connectivity index (χ0) is 25.6. The molecule has 190 valence electrons. The molecule has 2 rings (SSSR count). The van der Waals surface area contributed by atoms with Gasteiger partial charge in [0.15, 0.2) is 22.2 Å². The van der Waals surface area contributed by atoms with Crippen molar-refractivity contribution in [3.8, 4) is 0 Å². The molecular formula is C22H40F2N2O5Si2. The Hall–Kier alpha value is -1.15. The van der Waals surface area contributed by atoms with Crippen LogP contribution in [0.1, 0.15) is 54.2 Å². The SMILES string of the molecule is CC(C)(C)[Si](C)(C)OC[C@@]1(C(F)F)O[C@@H](n2ccc(=O)[nH]c2=O)CC1O[Si](C)(C)C(C)(C)C. The second kappa shape index (κ2) is 9.14. The number of aromatic amines is 1. The molecule has 3 atom stereocenters. The lowest BCUT2D eigenvalue weighted by molar-refractivity contribution is -0.191. The van der Waals surface area contributed by atoms with Gasteiger partial charge < -0.3 is 13.6 Å². The average molecular weight is 507 g/mol. The van der Waals surface area contributed by atoms with E-state index in [4.69, 9.17) is 13.6 Å². The third-order valence-corrected chi connectivity index (χ3v) is 16.5. The molecule has 33 heavy (non-hydrogen) atoms. The number of H-pyrrole nitrogens is 1. The molecule has 2 heterocycles. The maximum Gasteiger partial charge on any atom is 0.330 e. The van der Waals surface area contributed by atoms with Crippen LogP contribution in [0.3, 0.4) is 0 Å². The number of hydrogen-bond donors (Lipinski definition) is 1. The van der Waals surface area contributed by atoms with Crippen molar-refractivity contribution >= 4 is 16.6 Å². The first-order valence-electron chi connectivity index (χ1n) is 11.3.